The third-order valence-electron chi connectivity index (χ3n) is 3.46. The second kappa shape index (κ2) is 6.03. The van der Waals surface area contributed by atoms with Crippen molar-refractivity contribution in [3.05, 3.63) is 65.9 Å². The van der Waals surface area contributed by atoms with Crippen LogP contribution in [0, 0.1) is 5.82 Å². The lowest BCUT2D eigenvalue weighted by molar-refractivity contribution is 0.416. The van der Waals surface area contributed by atoms with Crippen LogP contribution >= 0.6 is 0 Å². The van der Waals surface area contributed by atoms with Crippen LogP contribution in [-0.2, 0) is 6.42 Å². The average Bonchev–Trinajstić information content (AvgIpc) is 2.92. The van der Waals surface area contributed by atoms with Crippen LogP contribution in [0.2, 0.25) is 0 Å². The Kier molecular flexibility index (Phi) is 3.94. The Morgan fingerprint density at radius 2 is 2.14 bits per heavy atom. The van der Waals surface area contributed by atoms with E-state index in [-0.39, 0.29) is 11.9 Å². The molecule has 4 nitrogen and oxygen atoms in total. The molecule has 3 N–H and O–H groups in total. The highest BCUT2D eigenvalue weighted by atomic mass is 19.1. The highest BCUT2D eigenvalue weighted by Gasteiger charge is 2.15. The molecule has 1 aromatic carbocycles. The van der Waals surface area contributed by atoms with Crippen LogP contribution < -0.4 is 11.3 Å². The van der Waals surface area contributed by atoms with E-state index in [1.54, 1.807) is 12.3 Å². The molecule has 0 bridgehead atoms. The molecule has 0 aliphatic carbocycles. The van der Waals surface area contributed by atoms with Crippen LogP contribution in [0.25, 0.3) is 11.0 Å². The molecule has 3 rings (SSSR count). The van der Waals surface area contributed by atoms with Gasteiger partial charge in [0, 0.05) is 17.3 Å². The SMILES string of the molecule is NNC(CCc1ccccn1)c1cc2cc(F)ccc2o1. The van der Waals surface area contributed by atoms with Gasteiger partial charge >= 0.3 is 0 Å². The molecular weight excluding hydrogens is 269 g/mol. The van der Waals surface area contributed by atoms with Gasteiger partial charge in [-0.1, -0.05) is 6.07 Å². The van der Waals surface area contributed by atoms with E-state index in [4.69, 9.17) is 10.3 Å². The Hall–Kier alpha value is -2.24. The number of aromatic nitrogens is 1. The van der Waals surface area contributed by atoms with Crippen molar-refractivity contribution in [3.8, 4) is 0 Å². The summed E-state index contributed by atoms with van der Waals surface area (Å²) in [6.45, 7) is 0. The minimum Gasteiger partial charge on any atom is -0.459 e. The number of hydrogen-bond donors (Lipinski definition) is 2. The molecule has 0 fully saturated rings. The van der Waals surface area contributed by atoms with Crippen molar-refractivity contribution < 1.29 is 8.81 Å². The highest BCUT2D eigenvalue weighted by Crippen LogP contribution is 2.26. The lowest BCUT2D eigenvalue weighted by atomic mass is 10.1. The molecule has 0 saturated heterocycles. The van der Waals surface area contributed by atoms with E-state index in [1.807, 2.05) is 24.3 Å². The zero-order valence-electron chi connectivity index (χ0n) is 11.4. The summed E-state index contributed by atoms with van der Waals surface area (Å²) in [6, 6.07) is 12.0. The smallest absolute Gasteiger partial charge is 0.134 e. The normalized spacial score (nSPS) is 12.7. The number of nitrogens with two attached hydrogens (primary N) is 1. The summed E-state index contributed by atoms with van der Waals surface area (Å²) >= 11 is 0. The van der Waals surface area contributed by atoms with Gasteiger partial charge in [0.25, 0.3) is 0 Å². The van der Waals surface area contributed by atoms with Crippen LogP contribution in [0.15, 0.2) is 53.1 Å². The monoisotopic (exact) mass is 285 g/mol. The lowest BCUT2D eigenvalue weighted by Gasteiger charge is -2.12. The van der Waals surface area contributed by atoms with Crippen molar-refractivity contribution in [1.82, 2.24) is 10.4 Å². The zero-order chi connectivity index (χ0) is 14.7. The molecule has 0 radical (unpaired) electrons. The molecule has 0 saturated carbocycles. The van der Waals surface area contributed by atoms with E-state index in [9.17, 15) is 4.39 Å². The number of fused-ring (bicyclic) bond motifs is 1. The molecule has 0 aliphatic heterocycles. The molecule has 108 valence electrons. The molecule has 0 spiro atoms. The van der Waals surface area contributed by atoms with Crippen molar-refractivity contribution in [1.29, 1.82) is 0 Å². The predicted octanol–water partition coefficient (Wildman–Crippen LogP) is 3.10. The summed E-state index contributed by atoms with van der Waals surface area (Å²) in [5.74, 6) is 6.04. The van der Waals surface area contributed by atoms with Crippen molar-refractivity contribution in [2.24, 2.45) is 5.84 Å². The van der Waals surface area contributed by atoms with Crippen LogP contribution in [0.3, 0.4) is 0 Å². The number of aryl methyl sites for hydroxylation is 1. The number of benzene rings is 1. The first-order valence-electron chi connectivity index (χ1n) is 6.81. The largest absolute Gasteiger partial charge is 0.459 e. The Bertz CT molecular complexity index is 727. The zero-order valence-corrected chi connectivity index (χ0v) is 11.4. The van der Waals surface area contributed by atoms with Gasteiger partial charge in [-0.2, -0.15) is 0 Å². The maximum atomic E-state index is 13.2. The summed E-state index contributed by atoms with van der Waals surface area (Å²) in [6.07, 6.45) is 3.29. The summed E-state index contributed by atoms with van der Waals surface area (Å²) in [5, 5.41) is 0.739. The van der Waals surface area contributed by atoms with Gasteiger partial charge in [-0.25, -0.2) is 9.82 Å². The van der Waals surface area contributed by atoms with Gasteiger partial charge in [-0.05, 0) is 49.2 Å². The van der Waals surface area contributed by atoms with Gasteiger partial charge in [-0.3, -0.25) is 10.8 Å². The molecule has 5 heteroatoms. The maximum absolute atomic E-state index is 13.2. The molecule has 2 aromatic heterocycles. The fourth-order valence-electron chi connectivity index (χ4n) is 2.35. The van der Waals surface area contributed by atoms with E-state index < -0.39 is 0 Å². The Balaban J connectivity index is 1.78. The maximum Gasteiger partial charge on any atom is 0.134 e. The number of halogens is 1. The van der Waals surface area contributed by atoms with Gasteiger partial charge in [0.15, 0.2) is 0 Å². The third-order valence-corrected chi connectivity index (χ3v) is 3.46. The van der Waals surface area contributed by atoms with E-state index in [0.717, 1.165) is 23.9 Å². The van der Waals surface area contributed by atoms with Crippen LogP contribution in [-0.4, -0.2) is 4.98 Å². The van der Waals surface area contributed by atoms with E-state index >= 15 is 0 Å². The first-order valence-corrected chi connectivity index (χ1v) is 6.81. The minimum atomic E-state index is -0.277. The number of furan rings is 1. The summed E-state index contributed by atoms with van der Waals surface area (Å²) in [5.41, 5.74) is 4.41. The number of nitrogens with zero attached hydrogens (tertiary/aromatic N) is 1. The Labute approximate surface area is 121 Å². The van der Waals surface area contributed by atoms with Gasteiger partial charge < -0.3 is 4.42 Å². The quantitative estimate of drug-likeness (QED) is 0.558. The second-order valence-corrected chi connectivity index (χ2v) is 4.91. The van der Waals surface area contributed by atoms with Crippen molar-refractivity contribution in [3.63, 3.8) is 0 Å². The van der Waals surface area contributed by atoms with Gasteiger partial charge in [-0.15, -0.1) is 0 Å². The van der Waals surface area contributed by atoms with E-state index in [2.05, 4.69) is 10.4 Å². The van der Waals surface area contributed by atoms with Crippen LogP contribution in [0.1, 0.15) is 23.9 Å². The lowest BCUT2D eigenvalue weighted by Crippen LogP contribution is -2.28. The van der Waals surface area contributed by atoms with E-state index in [0.29, 0.717) is 11.3 Å². The molecule has 1 unspecified atom stereocenters. The molecule has 3 aromatic rings. The molecule has 21 heavy (non-hydrogen) atoms. The number of pyridine rings is 1. The molecule has 1 atom stereocenters. The first kappa shape index (κ1) is 13.7. The average molecular weight is 285 g/mol. The highest BCUT2D eigenvalue weighted by molar-refractivity contribution is 5.78. The number of rotatable bonds is 5. The van der Waals surface area contributed by atoms with Gasteiger partial charge in [0.05, 0.1) is 6.04 Å². The van der Waals surface area contributed by atoms with E-state index in [1.165, 1.54) is 12.1 Å². The predicted molar refractivity (Wildman–Crippen MR) is 78.8 cm³/mol. The van der Waals surface area contributed by atoms with Crippen LogP contribution in [0.4, 0.5) is 4.39 Å². The summed E-state index contributed by atoms with van der Waals surface area (Å²) in [7, 11) is 0. The van der Waals surface area contributed by atoms with Crippen molar-refractivity contribution in [2.45, 2.75) is 18.9 Å². The molecule has 0 amide bonds. The first-order chi connectivity index (χ1) is 10.3. The van der Waals surface area contributed by atoms with Crippen LogP contribution in [0.5, 0.6) is 0 Å². The molecular formula is C16H16FN3O. The van der Waals surface area contributed by atoms with Crippen molar-refractivity contribution >= 4 is 11.0 Å². The van der Waals surface area contributed by atoms with Gasteiger partial charge in [0.1, 0.15) is 17.2 Å². The summed E-state index contributed by atoms with van der Waals surface area (Å²) < 4.78 is 18.9. The standard InChI is InChI=1S/C16H16FN3O/c17-12-4-7-15-11(9-12)10-16(21-15)14(20-18)6-5-13-3-1-2-8-19-13/h1-4,7-10,14,20H,5-6,18H2. The van der Waals surface area contributed by atoms with Gasteiger partial charge in [0.2, 0.25) is 0 Å². The fraction of sp³-hybridized carbons (Fsp3) is 0.188. The minimum absolute atomic E-state index is 0.137. The van der Waals surface area contributed by atoms with Crippen molar-refractivity contribution in [2.75, 3.05) is 0 Å². The fourth-order valence-corrected chi connectivity index (χ4v) is 2.35. The number of nitrogens with one attached hydrogen (secondary N) is 1. The Morgan fingerprint density at radius 3 is 2.90 bits per heavy atom. The third kappa shape index (κ3) is 3.09. The number of hydrazine groups is 1. The Morgan fingerprint density at radius 1 is 1.24 bits per heavy atom. The second-order valence-electron chi connectivity index (χ2n) is 4.91. The summed E-state index contributed by atoms with van der Waals surface area (Å²) in [4.78, 5) is 4.28. The topological polar surface area (TPSA) is 64.1 Å². The molecule has 0 aliphatic rings. The molecule has 2 heterocycles. The number of hydrogen-bond acceptors (Lipinski definition) is 4.